The van der Waals surface area contributed by atoms with Gasteiger partial charge in [-0.25, -0.2) is 47.5 Å². The van der Waals surface area contributed by atoms with E-state index >= 15 is 0 Å². The van der Waals surface area contributed by atoms with Crippen LogP contribution in [0.15, 0.2) is 136 Å². The number of hydrogen-bond donors (Lipinski definition) is 5. The zero-order valence-corrected chi connectivity index (χ0v) is 60.1. The Balaban J connectivity index is 0.000000142. The third kappa shape index (κ3) is 15.5. The Morgan fingerprint density at radius 2 is 0.869 bits per heavy atom. The summed E-state index contributed by atoms with van der Waals surface area (Å²) in [5.74, 6) is -0.544. The summed E-state index contributed by atoms with van der Waals surface area (Å²) in [6.45, 7) is 12.6. The van der Waals surface area contributed by atoms with E-state index in [0.717, 1.165) is 87.7 Å². The second kappa shape index (κ2) is 31.4. The quantitative estimate of drug-likeness (QED) is 0.0305. The van der Waals surface area contributed by atoms with Crippen LogP contribution in [0.4, 0.5) is 76.6 Å². The van der Waals surface area contributed by atoms with Gasteiger partial charge in [0.1, 0.15) is 70.7 Å². The van der Waals surface area contributed by atoms with Crippen molar-refractivity contribution in [1.82, 2.24) is 44.6 Å². The molecule has 21 nitrogen and oxygen atoms in total. The molecule has 0 saturated carbocycles. The minimum absolute atomic E-state index is 0.00226. The van der Waals surface area contributed by atoms with Gasteiger partial charge in [-0.15, -0.1) is 0 Å². The first kappa shape index (κ1) is 74.5. The molecule has 9 heterocycles. The minimum atomic E-state index is -4.84. The number of nitrogens with zero attached hydrogens (tertiary/aromatic N) is 9. The van der Waals surface area contributed by atoms with E-state index in [1.54, 1.807) is 51.5 Å². The van der Waals surface area contributed by atoms with Gasteiger partial charge in [0, 0.05) is 101 Å². The van der Waals surface area contributed by atoms with Crippen LogP contribution < -0.4 is 45.5 Å². The SMILES string of the molecule is C=CC(=O)N1[C@@H]2CC[C@H]1CC(Nc1cc3c(Nc4ccc(C)c(Cl)c4F)ncnc3cc1OC)C2.C=CC(=O)N1[C@@H]2CC[C@H]1CC(Nc1cc3c(Nc4ccc(F)c(Cl)c4F)ncnc3cc1OC)C2.C=CC(=O)N1[C@@H]2CC[C@H]1CC(Oc1cc3c(Nc4ccc(F)c(C(F)(F)F)c4)ncnc3cc1OC)C2. The molecule has 3 aromatic heterocycles. The maximum atomic E-state index is 14.7. The topological polar surface area (TPSA) is 235 Å². The Kier molecular flexibility index (Phi) is 21.8. The molecule has 6 bridgehead atoms. The van der Waals surface area contributed by atoms with Gasteiger partial charge < -0.3 is 60.2 Å². The highest BCUT2D eigenvalue weighted by atomic mass is 35.5. The van der Waals surface area contributed by atoms with Gasteiger partial charge in [0.15, 0.2) is 23.1 Å². The molecule has 3 amide bonds. The van der Waals surface area contributed by atoms with Crippen LogP contribution in [-0.2, 0) is 20.6 Å². The normalized spacial score (nSPS) is 21.1. The summed E-state index contributed by atoms with van der Waals surface area (Å²) in [7, 11) is 4.70. The van der Waals surface area contributed by atoms with E-state index in [0.29, 0.717) is 91.8 Å². The number of aryl methyl sites for hydroxylation is 1. The molecule has 0 spiro atoms. The Morgan fingerprint density at radius 3 is 1.30 bits per heavy atom. The van der Waals surface area contributed by atoms with Crippen molar-refractivity contribution in [2.24, 2.45) is 0 Å². The summed E-state index contributed by atoms with van der Waals surface area (Å²) < 4.78 is 119. The lowest BCUT2D eigenvalue weighted by Crippen LogP contribution is -2.49. The van der Waals surface area contributed by atoms with Crippen LogP contribution >= 0.6 is 23.2 Å². The molecule has 9 atom stereocenters. The van der Waals surface area contributed by atoms with Crippen LogP contribution in [0.1, 0.15) is 88.2 Å². The Labute approximate surface area is 620 Å². The molecule has 6 fully saturated rings. The summed E-state index contributed by atoms with van der Waals surface area (Å²) >= 11 is 11.8. The zero-order valence-electron chi connectivity index (χ0n) is 58.6. The summed E-state index contributed by atoms with van der Waals surface area (Å²) in [5.41, 5.74) is 2.80. The average molecular weight is 1510 g/mol. The fourth-order valence-corrected chi connectivity index (χ4v) is 16.1. The number of fused-ring (bicyclic) bond motifs is 9. The minimum Gasteiger partial charge on any atom is -0.495 e. The van der Waals surface area contributed by atoms with Crippen LogP contribution in [0.3, 0.4) is 0 Å². The Bertz CT molecular complexity index is 4730. The van der Waals surface area contributed by atoms with Gasteiger partial charge in [-0.1, -0.05) is 49.0 Å². The van der Waals surface area contributed by atoms with Crippen molar-refractivity contribution in [2.45, 2.75) is 145 Å². The first-order valence-corrected chi connectivity index (χ1v) is 35.5. The van der Waals surface area contributed by atoms with Gasteiger partial charge >= 0.3 is 6.18 Å². The fraction of sp³-hybridized carbons (Fsp3) is 0.338. The first-order valence-electron chi connectivity index (χ1n) is 34.7. The van der Waals surface area contributed by atoms with E-state index in [4.69, 9.17) is 42.1 Å². The van der Waals surface area contributed by atoms with Crippen molar-refractivity contribution < 1.29 is 64.1 Å². The van der Waals surface area contributed by atoms with Gasteiger partial charge in [-0.3, -0.25) is 14.4 Å². The lowest BCUT2D eigenvalue weighted by atomic mass is 9.96. The largest absolute Gasteiger partial charge is 0.495 e. The summed E-state index contributed by atoms with van der Waals surface area (Å²) in [4.78, 5) is 68.4. The summed E-state index contributed by atoms with van der Waals surface area (Å²) in [5, 5.41) is 17.3. The number of halogens is 9. The van der Waals surface area contributed by atoms with Crippen molar-refractivity contribution in [3.63, 3.8) is 0 Å². The number of methoxy groups -OCH3 is 3. The van der Waals surface area contributed by atoms with Crippen molar-refractivity contribution in [3.05, 3.63) is 180 Å². The highest BCUT2D eigenvalue weighted by molar-refractivity contribution is 6.32. The maximum absolute atomic E-state index is 14.7. The average Bonchev–Trinajstić information content (AvgIpc) is 1.77. The van der Waals surface area contributed by atoms with Gasteiger partial charge in [-0.05, 0) is 150 Å². The molecule has 30 heteroatoms. The van der Waals surface area contributed by atoms with E-state index in [-0.39, 0.29) is 100 Å². The third-order valence-corrected chi connectivity index (χ3v) is 21.5. The predicted octanol–water partition coefficient (Wildman–Crippen LogP) is 16.7. The van der Waals surface area contributed by atoms with Crippen LogP contribution in [0.2, 0.25) is 10.0 Å². The van der Waals surface area contributed by atoms with E-state index < -0.39 is 40.0 Å². The highest BCUT2D eigenvalue weighted by Crippen LogP contribution is 2.46. The molecule has 5 N–H and O–H groups in total. The number of hydrogen-bond acceptors (Lipinski definition) is 18. The predicted molar refractivity (Wildman–Crippen MR) is 396 cm³/mol. The fourth-order valence-electron chi connectivity index (χ4n) is 15.8. The summed E-state index contributed by atoms with van der Waals surface area (Å²) in [6.07, 6.45) is 13.6. The number of nitrogens with one attached hydrogen (secondary N) is 5. The third-order valence-electron chi connectivity index (χ3n) is 20.6. The van der Waals surface area contributed by atoms with Gasteiger partial charge in [-0.2, -0.15) is 13.2 Å². The van der Waals surface area contributed by atoms with Gasteiger partial charge in [0.25, 0.3) is 0 Å². The number of amides is 3. The molecule has 6 aromatic carbocycles. The second-order valence-electron chi connectivity index (χ2n) is 27.0. The molecular weight excluding hydrogens is 1440 g/mol. The van der Waals surface area contributed by atoms with Crippen molar-refractivity contribution in [3.8, 4) is 23.0 Å². The van der Waals surface area contributed by atoms with E-state index in [2.05, 4.69) is 76.2 Å². The molecule has 0 radical (unpaired) electrons. The molecule has 107 heavy (non-hydrogen) atoms. The maximum Gasteiger partial charge on any atom is 0.419 e. The van der Waals surface area contributed by atoms with Crippen molar-refractivity contribution >= 4 is 120 Å². The highest BCUT2D eigenvalue weighted by Gasteiger charge is 2.46. The summed E-state index contributed by atoms with van der Waals surface area (Å²) in [6, 6.07) is 20.4. The number of piperidine rings is 3. The lowest BCUT2D eigenvalue weighted by Gasteiger charge is -2.39. The molecule has 6 aliphatic heterocycles. The van der Waals surface area contributed by atoms with Crippen LogP contribution in [0, 0.1) is 30.2 Å². The lowest BCUT2D eigenvalue weighted by molar-refractivity contribution is -0.140. The Hall–Kier alpha value is -10.7. The van der Waals surface area contributed by atoms with E-state index in [9.17, 15) is 45.1 Å². The van der Waals surface area contributed by atoms with E-state index in [1.807, 2.05) is 32.9 Å². The van der Waals surface area contributed by atoms with Crippen LogP contribution in [-0.4, -0.2) is 138 Å². The number of aromatic nitrogens is 6. The monoisotopic (exact) mass is 1510 g/mol. The molecule has 0 aliphatic carbocycles. The zero-order chi connectivity index (χ0) is 75.7. The molecular formula is C77H75Cl2F7N14O7. The van der Waals surface area contributed by atoms with Crippen molar-refractivity contribution in [2.75, 3.05) is 47.9 Å². The number of carbonyl (C=O) groups excluding carboxylic acids is 3. The number of rotatable bonds is 18. The van der Waals surface area contributed by atoms with Crippen LogP contribution in [0.25, 0.3) is 32.7 Å². The first-order chi connectivity index (χ1) is 51.4. The number of ether oxygens (including phenoxy) is 4. The Morgan fingerprint density at radius 1 is 0.477 bits per heavy atom. The standard InChI is InChI=1S/C26H27ClFN5O2.C26H24F4N4O3.C25H24ClF2N5O2/c1-4-23(34)33-16-6-7-17(33)10-15(9-16)31-21-11-18-20(12-22(21)35-3)29-13-30-26(18)32-19-8-5-14(2)24(27)25(19)28;1-3-24(35)34-15-5-6-16(34)10-17(9-15)37-23-11-18-21(12-22(23)36-2)31-13-32-25(18)33-14-4-7-20(27)19(8-14)26(28,29)30;1-3-22(34)33-14-4-5-15(33)9-13(8-14)31-20-10-16-19(11-21(20)35-2)29-12-30-25(16)32-18-7-6-17(27)23(26)24(18)28/h4-5,8,11-13,15-17,31H,1,6-7,9-10H2,2-3H3,(H,29,30,32);3-4,7-8,11-13,15-17H,1,5-6,9-10H2,2H3,(H,31,32,33);3,6-7,10-15,31H,1,4-5,8-9H2,2H3,(H,29,30,32)/t15?,16-,17+;15-,16+,17?;13?,14-,15+. The molecule has 558 valence electrons. The van der Waals surface area contributed by atoms with Crippen LogP contribution in [0.5, 0.6) is 23.0 Å². The van der Waals surface area contributed by atoms with Gasteiger partial charge in [0.2, 0.25) is 17.7 Å². The molecule has 6 aliphatic rings. The number of anilines is 8. The van der Waals surface area contributed by atoms with Gasteiger partial charge in [0.05, 0.1) is 71.2 Å². The molecule has 3 unspecified atom stereocenters. The molecule has 9 aromatic rings. The molecule has 15 rings (SSSR count). The van der Waals surface area contributed by atoms with E-state index in [1.165, 1.54) is 56.5 Å². The second-order valence-corrected chi connectivity index (χ2v) is 27.8. The molecule has 6 saturated heterocycles. The number of benzene rings is 6. The van der Waals surface area contributed by atoms with Crippen molar-refractivity contribution in [1.29, 1.82) is 0 Å². The smallest absolute Gasteiger partial charge is 0.419 e. The number of alkyl halides is 3. The number of carbonyl (C=O) groups is 3.